The molecule has 4 rings (SSSR count). The van der Waals surface area contributed by atoms with Gasteiger partial charge in [-0.2, -0.15) is 10.2 Å². The highest BCUT2D eigenvalue weighted by molar-refractivity contribution is 6.30. The Morgan fingerprint density at radius 3 is 1.97 bits per heavy atom. The summed E-state index contributed by atoms with van der Waals surface area (Å²) in [5.41, 5.74) is 2.54. The summed E-state index contributed by atoms with van der Waals surface area (Å²) < 4.78 is 5.36. The summed E-state index contributed by atoms with van der Waals surface area (Å²) >= 11 is 5.91. The zero-order valence-corrected chi connectivity index (χ0v) is 20.9. The van der Waals surface area contributed by atoms with E-state index in [1.165, 1.54) is 6.92 Å². The minimum Gasteiger partial charge on any atom is -0.464 e. The molecule has 0 spiro atoms. The van der Waals surface area contributed by atoms with Crippen LogP contribution in [0.2, 0.25) is 5.02 Å². The van der Waals surface area contributed by atoms with E-state index in [0.717, 1.165) is 16.9 Å². The molecule has 1 aliphatic heterocycles. The third-order valence-electron chi connectivity index (χ3n) is 6.05. The van der Waals surface area contributed by atoms with Crippen molar-refractivity contribution in [1.82, 2.24) is 0 Å². The van der Waals surface area contributed by atoms with E-state index < -0.39 is 17.6 Å². The fraction of sp³-hybridized carbons (Fsp3) is 0.259. The third-order valence-corrected chi connectivity index (χ3v) is 6.30. The van der Waals surface area contributed by atoms with Gasteiger partial charge in [0.2, 0.25) is 5.54 Å². The molecule has 0 amide bonds. The number of carbonyl (C=O) groups is 2. The van der Waals surface area contributed by atoms with Crippen molar-refractivity contribution < 1.29 is 14.3 Å². The largest absolute Gasteiger partial charge is 0.464 e. The summed E-state index contributed by atoms with van der Waals surface area (Å²) in [6.07, 6.45) is 0. The van der Waals surface area contributed by atoms with Gasteiger partial charge < -0.3 is 14.5 Å². The van der Waals surface area contributed by atoms with E-state index in [1.807, 2.05) is 60.3 Å². The first-order valence-electron chi connectivity index (χ1n) is 11.3. The minimum atomic E-state index is -1.40. The molecule has 1 heterocycles. The lowest BCUT2D eigenvalue weighted by molar-refractivity contribution is -0.148. The van der Waals surface area contributed by atoms with E-state index >= 15 is 0 Å². The topological polar surface area (TPSA) is 74.3 Å². The van der Waals surface area contributed by atoms with Crippen molar-refractivity contribution in [3.8, 4) is 0 Å². The zero-order chi connectivity index (χ0) is 25.2. The lowest BCUT2D eigenvalue weighted by Gasteiger charge is -2.14. The van der Waals surface area contributed by atoms with E-state index in [9.17, 15) is 9.59 Å². The van der Waals surface area contributed by atoms with Gasteiger partial charge in [-0.3, -0.25) is 4.79 Å². The monoisotopic (exact) mass is 490 g/mol. The number of hydrogen-bond acceptors (Lipinski definition) is 7. The molecule has 0 saturated carbocycles. The van der Waals surface area contributed by atoms with Gasteiger partial charge in [0.15, 0.2) is 5.78 Å². The Bertz CT molecular complexity index is 1240. The first kappa shape index (κ1) is 24.4. The number of ketones is 1. The molecule has 0 bridgehead atoms. The summed E-state index contributed by atoms with van der Waals surface area (Å²) in [6.45, 7) is 3.37. The number of ether oxygens (including phenoxy) is 1. The average Bonchev–Trinajstić information content (AvgIpc) is 3.56. The van der Waals surface area contributed by atoms with Gasteiger partial charge in [0, 0.05) is 30.5 Å². The molecule has 1 fully saturated rings. The van der Waals surface area contributed by atoms with Gasteiger partial charge in [-0.25, -0.2) is 4.79 Å². The smallest absolute Gasteiger partial charge is 0.342 e. The fourth-order valence-corrected chi connectivity index (χ4v) is 4.38. The Balaban J connectivity index is 1.66. The summed E-state index contributed by atoms with van der Waals surface area (Å²) in [4.78, 5) is 29.9. The number of halogens is 1. The van der Waals surface area contributed by atoms with Crippen LogP contribution in [0.1, 0.15) is 25.5 Å². The van der Waals surface area contributed by atoms with Crippen LogP contribution in [0.3, 0.4) is 0 Å². The second-order valence-electron chi connectivity index (χ2n) is 8.49. The van der Waals surface area contributed by atoms with Crippen molar-refractivity contribution >= 4 is 46.1 Å². The zero-order valence-electron chi connectivity index (χ0n) is 20.1. The van der Waals surface area contributed by atoms with E-state index in [2.05, 4.69) is 10.2 Å². The van der Waals surface area contributed by atoms with Crippen LogP contribution in [-0.2, 0) is 14.3 Å². The molecule has 2 unspecified atom stereocenters. The molecule has 1 aliphatic rings. The number of anilines is 2. The molecule has 0 aromatic heterocycles. The van der Waals surface area contributed by atoms with Gasteiger partial charge in [-0.1, -0.05) is 23.7 Å². The van der Waals surface area contributed by atoms with Gasteiger partial charge in [-0.15, -0.1) is 0 Å². The van der Waals surface area contributed by atoms with Crippen LogP contribution in [0, 0.1) is 0 Å². The number of rotatable bonds is 8. The Morgan fingerprint density at radius 2 is 1.49 bits per heavy atom. The maximum atomic E-state index is 13.1. The van der Waals surface area contributed by atoms with Crippen LogP contribution < -0.4 is 9.80 Å². The number of esters is 1. The standard InChI is InChI=1S/C27H27ClN4O3/c1-5-35-26(34)27(18(2)33)25(19-6-14-23(15-7-19)31(3)4)32(27)24-16-12-22(13-17-24)30-29-21-10-8-20(28)9-11-21/h6-17,25H,5H2,1-4H3. The number of hydrogen-bond donors (Lipinski definition) is 0. The highest BCUT2D eigenvalue weighted by atomic mass is 35.5. The summed E-state index contributed by atoms with van der Waals surface area (Å²) in [5.74, 6) is -0.801. The summed E-state index contributed by atoms with van der Waals surface area (Å²) in [6, 6.07) is 21.7. The Labute approximate surface area is 210 Å². The summed E-state index contributed by atoms with van der Waals surface area (Å²) in [7, 11) is 3.92. The minimum absolute atomic E-state index is 0.192. The van der Waals surface area contributed by atoms with Crippen LogP contribution in [0.4, 0.5) is 22.7 Å². The molecular formula is C27H27ClN4O3. The average molecular weight is 491 g/mol. The van der Waals surface area contributed by atoms with Crippen LogP contribution >= 0.6 is 11.6 Å². The fourth-order valence-electron chi connectivity index (χ4n) is 4.25. The molecule has 1 saturated heterocycles. The van der Waals surface area contributed by atoms with Crippen molar-refractivity contribution in [3.63, 3.8) is 0 Å². The van der Waals surface area contributed by atoms with Crippen LogP contribution in [0.15, 0.2) is 83.0 Å². The van der Waals surface area contributed by atoms with Gasteiger partial charge >= 0.3 is 5.97 Å². The van der Waals surface area contributed by atoms with Crippen molar-refractivity contribution in [1.29, 1.82) is 0 Å². The number of azo groups is 1. The molecule has 0 aliphatic carbocycles. The Hall–Kier alpha value is -3.71. The molecule has 0 radical (unpaired) electrons. The molecule has 8 heteroatoms. The van der Waals surface area contributed by atoms with Crippen molar-refractivity contribution in [2.45, 2.75) is 25.4 Å². The number of carbonyl (C=O) groups excluding carboxylic acids is 2. The predicted octanol–water partition coefficient (Wildman–Crippen LogP) is 6.27. The second-order valence-corrected chi connectivity index (χ2v) is 8.93. The van der Waals surface area contributed by atoms with Gasteiger partial charge in [0.25, 0.3) is 0 Å². The molecule has 2 atom stereocenters. The van der Waals surface area contributed by atoms with E-state index in [-0.39, 0.29) is 12.4 Å². The van der Waals surface area contributed by atoms with Crippen molar-refractivity contribution in [2.24, 2.45) is 10.2 Å². The molecule has 180 valence electrons. The SMILES string of the molecule is CCOC(=O)C1(C(C)=O)C(c2ccc(N(C)C)cc2)N1c1ccc(N=Nc2ccc(Cl)cc2)cc1. The van der Waals surface area contributed by atoms with Crippen molar-refractivity contribution in [2.75, 3.05) is 30.5 Å². The van der Waals surface area contributed by atoms with Gasteiger partial charge in [0.1, 0.15) is 0 Å². The lowest BCUT2D eigenvalue weighted by Crippen LogP contribution is -2.39. The van der Waals surface area contributed by atoms with E-state index in [0.29, 0.717) is 16.4 Å². The molecule has 3 aromatic rings. The second kappa shape index (κ2) is 9.88. The molecule has 3 aromatic carbocycles. The first-order valence-corrected chi connectivity index (χ1v) is 11.7. The quantitative estimate of drug-likeness (QED) is 0.161. The predicted molar refractivity (Wildman–Crippen MR) is 138 cm³/mol. The Morgan fingerprint density at radius 1 is 0.943 bits per heavy atom. The summed E-state index contributed by atoms with van der Waals surface area (Å²) in [5, 5.41) is 9.12. The normalized spacial score (nSPS) is 19.0. The molecular weight excluding hydrogens is 464 g/mol. The number of nitrogens with zero attached hydrogens (tertiary/aromatic N) is 4. The Kier molecular flexibility index (Phi) is 6.89. The highest BCUT2D eigenvalue weighted by Gasteiger charge is 2.73. The van der Waals surface area contributed by atoms with Crippen molar-refractivity contribution in [3.05, 3.63) is 83.4 Å². The van der Waals surface area contributed by atoms with Gasteiger partial charge in [-0.05, 0) is 80.1 Å². The third kappa shape index (κ3) is 4.64. The van der Waals surface area contributed by atoms with E-state index in [1.54, 1.807) is 43.3 Å². The maximum absolute atomic E-state index is 13.1. The number of Topliss-reactive ketones (excluding diaryl/α,β-unsaturated/α-hetero) is 1. The first-order chi connectivity index (χ1) is 16.8. The van der Waals surface area contributed by atoms with E-state index in [4.69, 9.17) is 16.3 Å². The lowest BCUT2D eigenvalue weighted by atomic mass is 9.95. The maximum Gasteiger partial charge on any atom is 0.342 e. The van der Waals surface area contributed by atoms with Gasteiger partial charge in [0.05, 0.1) is 24.0 Å². The van der Waals surface area contributed by atoms with Crippen LogP contribution in [0.5, 0.6) is 0 Å². The molecule has 35 heavy (non-hydrogen) atoms. The van der Waals surface area contributed by atoms with Crippen LogP contribution in [0.25, 0.3) is 0 Å². The molecule has 7 nitrogen and oxygen atoms in total. The number of benzene rings is 3. The van der Waals surface area contributed by atoms with Crippen LogP contribution in [-0.4, -0.2) is 38.0 Å². The highest BCUT2D eigenvalue weighted by Crippen LogP contribution is 2.57. The molecule has 0 N–H and O–H groups in total.